The minimum Gasteiger partial charge on any atom is -0.350 e. The molecule has 1 aromatic heterocycles. The Morgan fingerprint density at radius 2 is 1.93 bits per heavy atom. The molecule has 1 aromatic carbocycles. The van der Waals surface area contributed by atoms with E-state index in [0.29, 0.717) is 12.8 Å². The van der Waals surface area contributed by atoms with Crippen molar-refractivity contribution in [1.29, 1.82) is 0 Å². The highest BCUT2D eigenvalue weighted by atomic mass is 19.4. The largest absolute Gasteiger partial charge is 0.414 e. The molecule has 9 heteroatoms. The van der Waals surface area contributed by atoms with Gasteiger partial charge in [0.25, 0.3) is 0 Å². The highest BCUT2D eigenvalue weighted by molar-refractivity contribution is 5.80. The number of hydrogen-bond acceptors (Lipinski definition) is 3. The van der Waals surface area contributed by atoms with Crippen LogP contribution in [0.15, 0.2) is 48.7 Å². The third-order valence-electron chi connectivity index (χ3n) is 5.14. The van der Waals surface area contributed by atoms with Crippen molar-refractivity contribution in [1.82, 2.24) is 15.6 Å². The SMILES string of the molecule is O=C(CC[C@@]1(Cc2ccc(F)cc2)CCC(=O)N1)N[C@H](c1ccccn1)C(F)(F)F. The fourth-order valence-corrected chi connectivity index (χ4v) is 3.63. The van der Waals surface area contributed by atoms with E-state index in [1.165, 1.54) is 36.5 Å². The number of amides is 2. The molecule has 1 saturated heterocycles. The van der Waals surface area contributed by atoms with Crippen LogP contribution < -0.4 is 10.6 Å². The molecule has 2 atom stereocenters. The van der Waals surface area contributed by atoms with Gasteiger partial charge in [0.2, 0.25) is 11.8 Å². The zero-order valence-electron chi connectivity index (χ0n) is 16.0. The van der Waals surface area contributed by atoms with Crippen LogP contribution in [0.4, 0.5) is 17.6 Å². The predicted octanol–water partition coefficient (Wildman–Crippen LogP) is 3.61. The number of alkyl halides is 3. The first-order chi connectivity index (χ1) is 14.2. The topological polar surface area (TPSA) is 71.1 Å². The molecule has 0 unspecified atom stereocenters. The van der Waals surface area contributed by atoms with Crippen molar-refractivity contribution in [3.05, 3.63) is 65.7 Å². The lowest BCUT2D eigenvalue weighted by molar-refractivity contribution is -0.164. The van der Waals surface area contributed by atoms with Crippen LogP contribution >= 0.6 is 0 Å². The van der Waals surface area contributed by atoms with Gasteiger partial charge in [-0.25, -0.2) is 4.39 Å². The van der Waals surface area contributed by atoms with Crippen molar-refractivity contribution in [3.8, 4) is 0 Å². The lowest BCUT2D eigenvalue weighted by Gasteiger charge is -2.30. The van der Waals surface area contributed by atoms with Crippen LogP contribution in [-0.4, -0.2) is 28.5 Å². The summed E-state index contributed by atoms with van der Waals surface area (Å²) in [7, 11) is 0. The van der Waals surface area contributed by atoms with Crippen molar-refractivity contribution < 1.29 is 27.2 Å². The van der Waals surface area contributed by atoms with Crippen LogP contribution in [0, 0.1) is 5.82 Å². The molecule has 2 aromatic rings. The van der Waals surface area contributed by atoms with Crippen LogP contribution in [0.5, 0.6) is 0 Å². The van der Waals surface area contributed by atoms with E-state index in [-0.39, 0.29) is 30.9 Å². The van der Waals surface area contributed by atoms with Crippen LogP contribution in [-0.2, 0) is 16.0 Å². The molecule has 160 valence electrons. The number of carbonyl (C=O) groups excluding carboxylic acids is 2. The number of pyridine rings is 1. The van der Waals surface area contributed by atoms with Crippen LogP contribution in [0.3, 0.4) is 0 Å². The van der Waals surface area contributed by atoms with Gasteiger partial charge >= 0.3 is 6.18 Å². The average molecular weight is 423 g/mol. The fraction of sp³-hybridized carbons (Fsp3) is 0.381. The van der Waals surface area contributed by atoms with Gasteiger partial charge in [0.05, 0.1) is 5.69 Å². The van der Waals surface area contributed by atoms with Crippen molar-refractivity contribution in [2.75, 3.05) is 0 Å². The van der Waals surface area contributed by atoms with Crippen LogP contribution in [0.25, 0.3) is 0 Å². The van der Waals surface area contributed by atoms with Gasteiger partial charge in [-0.15, -0.1) is 0 Å². The lowest BCUT2D eigenvalue weighted by atomic mass is 9.85. The first-order valence-electron chi connectivity index (χ1n) is 9.49. The molecular formula is C21H21F4N3O2. The summed E-state index contributed by atoms with van der Waals surface area (Å²) in [5.74, 6) is -1.36. The Balaban J connectivity index is 1.68. The Hall–Kier alpha value is -2.97. The molecule has 1 aliphatic rings. The monoisotopic (exact) mass is 423 g/mol. The van der Waals surface area contributed by atoms with Gasteiger partial charge in [0.1, 0.15) is 5.82 Å². The number of nitrogens with zero attached hydrogens (tertiary/aromatic N) is 1. The van der Waals surface area contributed by atoms with Gasteiger partial charge in [0, 0.05) is 24.6 Å². The molecule has 0 bridgehead atoms. The number of rotatable bonds is 7. The second-order valence-electron chi connectivity index (χ2n) is 7.43. The third-order valence-corrected chi connectivity index (χ3v) is 5.14. The first-order valence-corrected chi connectivity index (χ1v) is 9.49. The minimum atomic E-state index is -4.70. The number of nitrogens with one attached hydrogen (secondary N) is 2. The highest BCUT2D eigenvalue weighted by Crippen LogP contribution is 2.33. The van der Waals surface area contributed by atoms with E-state index in [9.17, 15) is 27.2 Å². The molecule has 30 heavy (non-hydrogen) atoms. The van der Waals surface area contributed by atoms with E-state index in [2.05, 4.69) is 10.3 Å². The fourth-order valence-electron chi connectivity index (χ4n) is 3.63. The molecule has 0 radical (unpaired) electrons. The Labute approximate surface area is 170 Å². The zero-order chi connectivity index (χ0) is 21.8. The van der Waals surface area contributed by atoms with E-state index >= 15 is 0 Å². The number of halogens is 4. The standard InChI is InChI=1S/C21H21F4N3O2/c22-15-6-4-14(5-7-15)13-20(11-9-18(30)28-20)10-8-17(29)27-19(21(23,24)25)16-3-1-2-12-26-16/h1-7,12,19H,8-11,13H2,(H,27,29)(H,28,30)/t19-,20+/m1/s1. The van der Waals surface area contributed by atoms with E-state index in [0.717, 1.165) is 5.56 Å². The molecule has 5 nitrogen and oxygen atoms in total. The molecule has 2 N–H and O–H groups in total. The van der Waals surface area contributed by atoms with Gasteiger partial charge in [-0.05, 0) is 49.1 Å². The van der Waals surface area contributed by atoms with Gasteiger partial charge < -0.3 is 10.6 Å². The van der Waals surface area contributed by atoms with Crippen molar-refractivity contribution in [3.63, 3.8) is 0 Å². The van der Waals surface area contributed by atoms with Crippen molar-refractivity contribution in [2.24, 2.45) is 0 Å². The molecule has 0 aliphatic carbocycles. The van der Waals surface area contributed by atoms with E-state index in [1.807, 2.05) is 5.32 Å². The number of carbonyl (C=O) groups is 2. The Morgan fingerprint density at radius 3 is 2.50 bits per heavy atom. The van der Waals surface area contributed by atoms with Gasteiger partial charge in [0.15, 0.2) is 6.04 Å². The molecule has 1 aliphatic heterocycles. The summed E-state index contributed by atoms with van der Waals surface area (Å²) in [4.78, 5) is 27.9. The molecule has 0 saturated carbocycles. The van der Waals surface area contributed by atoms with Gasteiger partial charge in [-0.2, -0.15) is 13.2 Å². The van der Waals surface area contributed by atoms with Crippen LogP contribution in [0.2, 0.25) is 0 Å². The Kier molecular flexibility index (Phi) is 6.38. The second kappa shape index (κ2) is 8.81. The maximum atomic E-state index is 13.4. The molecule has 0 spiro atoms. The van der Waals surface area contributed by atoms with E-state index in [1.54, 1.807) is 12.1 Å². The lowest BCUT2D eigenvalue weighted by Crippen LogP contribution is -2.45. The van der Waals surface area contributed by atoms with E-state index in [4.69, 9.17) is 0 Å². The Bertz CT molecular complexity index is 887. The third kappa shape index (κ3) is 5.55. The summed E-state index contributed by atoms with van der Waals surface area (Å²) < 4.78 is 53.4. The average Bonchev–Trinajstić information content (AvgIpc) is 3.07. The molecular weight excluding hydrogens is 402 g/mol. The maximum absolute atomic E-state index is 13.4. The summed E-state index contributed by atoms with van der Waals surface area (Å²) in [6, 6.07) is 7.66. The smallest absolute Gasteiger partial charge is 0.350 e. The number of hydrogen-bond donors (Lipinski definition) is 2. The summed E-state index contributed by atoms with van der Waals surface area (Å²) in [5, 5.41) is 4.86. The summed E-state index contributed by atoms with van der Waals surface area (Å²) in [6.45, 7) is 0. The quantitative estimate of drug-likeness (QED) is 0.669. The second-order valence-corrected chi connectivity index (χ2v) is 7.43. The molecule has 3 rings (SSSR count). The van der Waals surface area contributed by atoms with Crippen LogP contribution in [0.1, 0.15) is 43.0 Å². The first kappa shape index (κ1) is 21.7. The summed E-state index contributed by atoms with van der Waals surface area (Å²) in [6.07, 6.45) is -2.45. The highest BCUT2D eigenvalue weighted by Gasteiger charge is 2.43. The molecule has 1 fully saturated rings. The van der Waals surface area contributed by atoms with Gasteiger partial charge in [-0.1, -0.05) is 18.2 Å². The molecule has 2 amide bonds. The number of benzene rings is 1. The van der Waals surface area contributed by atoms with Gasteiger partial charge in [-0.3, -0.25) is 14.6 Å². The van der Waals surface area contributed by atoms with Crippen molar-refractivity contribution >= 4 is 11.8 Å². The predicted molar refractivity (Wildman–Crippen MR) is 101 cm³/mol. The zero-order valence-corrected chi connectivity index (χ0v) is 16.0. The molecule has 2 heterocycles. The maximum Gasteiger partial charge on any atom is 0.414 e. The van der Waals surface area contributed by atoms with E-state index < -0.39 is 29.5 Å². The van der Waals surface area contributed by atoms with Crippen molar-refractivity contribution in [2.45, 2.75) is 49.9 Å². The normalized spacial score (nSPS) is 19.9. The summed E-state index contributed by atoms with van der Waals surface area (Å²) >= 11 is 0. The minimum absolute atomic E-state index is 0.161. The summed E-state index contributed by atoms with van der Waals surface area (Å²) in [5.41, 5.74) is -0.292. The number of aromatic nitrogens is 1. The Morgan fingerprint density at radius 1 is 1.20 bits per heavy atom.